The van der Waals surface area contributed by atoms with E-state index in [-0.39, 0.29) is 5.25 Å². The molecular formula is C13H15NO3S. The fourth-order valence-electron chi connectivity index (χ4n) is 2.14. The van der Waals surface area contributed by atoms with Crippen molar-refractivity contribution in [2.45, 2.75) is 30.9 Å². The molecule has 1 atom stereocenters. The molecule has 1 aromatic carbocycles. The Labute approximate surface area is 110 Å². The third kappa shape index (κ3) is 2.10. The van der Waals surface area contributed by atoms with E-state index in [1.54, 1.807) is 11.8 Å². The van der Waals surface area contributed by atoms with Crippen molar-refractivity contribution in [1.82, 2.24) is 0 Å². The second-order valence-electron chi connectivity index (χ2n) is 4.53. The Morgan fingerprint density at radius 2 is 1.94 bits per heavy atom. The number of benzene rings is 1. The summed E-state index contributed by atoms with van der Waals surface area (Å²) in [4.78, 5) is 25.1. The van der Waals surface area contributed by atoms with Crippen LogP contribution in [0.15, 0.2) is 17.0 Å². The number of anilines is 1. The molecule has 0 aromatic heterocycles. The number of carboxylic acids is 1. The molecule has 1 aliphatic heterocycles. The van der Waals surface area contributed by atoms with E-state index in [1.807, 2.05) is 32.9 Å². The van der Waals surface area contributed by atoms with Crippen molar-refractivity contribution in [3.63, 3.8) is 0 Å². The third-order valence-electron chi connectivity index (χ3n) is 2.99. The zero-order chi connectivity index (χ0) is 13.4. The maximum atomic E-state index is 11.8. The smallest absolute Gasteiger partial charge is 0.394 e. The molecule has 18 heavy (non-hydrogen) atoms. The van der Waals surface area contributed by atoms with Crippen molar-refractivity contribution in [2.24, 2.45) is 0 Å². The lowest BCUT2D eigenvalue weighted by molar-refractivity contribution is -0.148. The first-order valence-electron chi connectivity index (χ1n) is 5.73. The second kappa shape index (κ2) is 4.65. The molecule has 1 unspecified atom stereocenters. The first kappa shape index (κ1) is 13.0. The molecule has 1 aliphatic rings. The number of carbonyl (C=O) groups is 2. The van der Waals surface area contributed by atoms with Crippen molar-refractivity contribution in [3.8, 4) is 0 Å². The van der Waals surface area contributed by atoms with Gasteiger partial charge >= 0.3 is 11.9 Å². The van der Waals surface area contributed by atoms with E-state index in [1.165, 1.54) is 4.90 Å². The summed E-state index contributed by atoms with van der Waals surface area (Å²) in [6.45, 7) is 6.31. The molecule has 1 amide bonds. The highest BCUT2D eigenvalue weighted by atomic mass is 32.2. The van der Waals surface area contributed by atoms with Crippen molar-refractivity contribution >= 4 is 29.3 Å². The Hall–Kier alpha value is -1.49. The molecular weight excluding hydrogens is 250 g/mol. The standard InChI is InChI=1S/C13H15NO3S/c1-7-4-5-8(2)11-10(7)14(6-9(3)18-11)12(15)13(16)17/h4-5,9H,6H2,1-3H3,(H,16,17). The minimum absolute atomic E-state index is 0.196. The van der Waals surface area contributed by atoms with Gasteiger partial charge in [-0.2, -0.15) is 0 Å². The average molecular weight is 265 g/mol. The number of fused-ring (bicyclic) bond motifs is 1. The van der Waals surface area contributed by atoms with Crippen LogP contribution in [0.5, 0.6) is 0 Å². The van der Waals surface area contributed by atoms with Gasteiger partial charge in [0, 0.05) is 16.7 Å². The molecule has 0 bridgehead atoms. The van der Waals surface area contributed by atoms with Gasteiger partial charge in [-0.3, -0.25) is 4.79 Å². The first-order valence-corrected chi connectivity index (χ1v) is 6.61. The lowest BCUT2D eigenvalue weighted by Crippen LogP contribution is -2.43. The minimum Gasteiger partial charge on any atom is -0.474 e. The fraction of sp³-hybridized carbons (Fsp3) is 0.385. The van der Waals surface area contributed by atoms with Gasteiger partial charge in [0.15, 0.2) is 0 Å². The number of hydrogen-bond acceptors (Lipinski definition) is 3. The van der Waals surface area contributed by atoms with E-state index in [2.05, 4.69) is 0 Å². The van der Waals surface area contributed by atoms with E-state index in [0.29, 0.717) is 6.54 Å². The predicted molar refractivity (Wildman–Crippen MR) is 71.2 cm³/mol. The highest BCUT2D eigenvalue weighted by Crippen LogP contribution is 2.42. The van der Waals surface area contributed by atoms with Gasteiger partial charge in [0.05, 0.1) is 5.69 Å². The molecule has 0 spiro atoms. The van der Waals surface area contributed by atoms with Crippen LogP contribution in [0.2, 0.25) is 0 Å². The maximum Gasteiger partial charge on any atom is 0.394 e. The van der Waals surface area contributed by atoms with E-state index < -0.39 is 11.9 Å². The van der Waals surface area contributed by atoms with Crippen LogP contribution < -0.4 is 4.90 Å². The van der Waals surface area contributed by atoms with Crippen LogP contribution in [-0.2, 0) is 9.59 Å². The van der Waals surface area contributed by atoms with Gasteiger partial charge in [0.25, 0.3) is 0 Å². The summed E-state index contributed by atoms with van der Waals surface area (Å²) < 4.78 is 0. The Bertz CT molecular complexity index is 527. The molecule has 4 nitrogen and oxygen atoms in total. The summed E-state index contributed by atoms with van der Waals surface area (Å²) in [6, 6.07) is 3.93. The van der Waals surface area contributed by atoms with Crippen LogP contribution in [0.3, 0.4) is 0 Å². The van der Waals surface area contributed by atoms with Crippen LogP contribution in [0.25, 0.3) is 0 Å². The molecule has 0 radical (unpaired) electrons. The van der Waals surface area contributed by atoms with Crippen LogP contribution >= 0.6 is 11.8 Å². The minimum atomic E-state index is -1.40. The van der Waals surface area contributed by atoms with Gasteiger partial charge in [-0.1, -0.05) is 19.1 Å². The van der Waals surface area contributed by atoms with Gasteiger partial charge in [-0.05, 0) is 25.0 Å². The lowest BCUT2D eigenvalue weighted by Gasteiger charge is -2.33. The third-order valence-corrected chi connectivity index (χ3v) is 4.29. The average Bonchev–Trinajstić information content (AvgIpc) is 2.32. The van der Waals surface area contributed by atoms with Crippen LogP contribution in [0.1, 0.15) is 18.1 Å². The summed E-state index contributed by atoms with van der Waals surface area (Å²) in [6.07, 6.45) is 0. The summed E-state index contributed by atoms with van der Waals surface area (Å²) in [5.74, 6) is -2.25. The van der Waals surface area contributed by atoms with E-state index in [0.717, 1.165) is 21.7 Å². The topological polar surface area (TPSA) is 57.6 Å². The van der Waals surface area contributed by atoms with E-state index in [9.17, 15) is 9.59 Å². The van der Waals surface area contributed by atoms with Gasteiger partial charge < -0.3 is 10.0 Å². The maximum absolute atomic E-state index is 11.8. The molecule has 5 heteroatoms. The summed E-state index contributed by atoms with van der Waals surface area (Å²) in [7, 11) is 0. The lowest BCUT2D eigenvalue weighted by atomic mass is 10.1. The number of thioether (sulfide) groups is 1. The highest BCUT2D eigenvalue weighted by molar-refractivity contribution is 8.00. The Morgan fingerprint density at radius 1 is 1.33 bits per heavy atom. The molecule has 0 aliphatic carbocycles. The largest absolute Gasteiger partial charge is 0.474 e. The van der Waals surface area contributed by atoms with Crippen LogP contribution in [-0.4, -0.2) is 28.8 Å². The van der Waals surface area contributed by atoms with Gasteiger partial charge in [0.1, 0.15) is 0 Å². The molecule has 1 aromatic rings. The van der Waals surface area contributed by atoms with Crippen molar-refractivity contribution in [3.05, 3.63) is 23.3 Å². The number of carbonyl (C=O) groups excluding carboxylic acids is 1. The van der Waals surface area contributed by atoms with Gasteiger partial charge in [-0.25, -0.2) is 4.79 Å². The summed E-state index contributed by atoms with van der Waals surface area (Å²) in [5, 5.41) is 9.10. The van der Waals surface area contributed by atoms with Gasteiger partial charge in [0.2, 0.25) is 0 Å². The summed E-state index contributed by atoms with van der Waals surface area (Å²) in [5.41, 5.74) is 2.77. The normalized spacial score (nSPS) is 18.4. The molecule has 0 saturated carbocycles. The monoisotopic (exact) mass is 265 g/mol. The number of aliphatic carboxylic acids is 1. The molecule has 96 valence electrons. The molecule has 1 heterocycles. The molecule has 0 saturated heterocycles. The van der Waals surface area contributed by atoms with Crippen LogP contribution in [0.4, 0.5) is 5.69 Å². The second-order valence-corrected chi connectivity index (χ2v) is 5.98. The highest BCUT2D eigenvalue weighted by Gasteiger charge is 2.32. The van der Waals surface area contributed by atoms with Crippen molar-refractivity contribution < 1.29 is 14.7 Å². The molecule has 0 fully saturated rings. The van der Waals surface area contributed by atoms with Crippen molar-refractivity contribution in [2.75, 3.05) is 11.4 Å². The molecule has 2 rings (SSSR count). The van der Waals surface area contributed by atoms with Crippen molar-refractivity contribution in [1.29, 1.82) is 0 Å². The summed E-state index contributed by atoms with van der Waals surface area (Å²) >= 11 is 1.70. The quantitative estimate of drug-likeness (QED) is 0.731. The predicted octanol–water partition coefficient (Wildman–Crippen LogP) is 2.22. The Morgan fingerprint density at radius 3 is 2.56 bits per heavy atom. The Kier molecular flexibility index (Phi) is 3.34. The number of amides is 1. The first-order chi connectivity index (χ1) is 8.41. The molecule has 1 N–H and O–H groups in total. The fourth-order valence-corrected chi connectivity index (χ4v) is 3.40. The number of nitrogens with zero attached hydrogens (tertiary/aromatic N) is 1. The SMILES string of the molecule is Cc1ccc(C)c2c1SC(C)CN2C(=O)C(=O)O. The van der Waals surface area contributed by atoms with Gasteiger partial charge in [-0.15, -0.1) is 11.8 Å². The number of rotatable bonds is 0. The number of hydrogen-bond donors (Lipinski definition) is 1. The zero-order valence-corrected chi connectivity index (χ0v) is 11.4. The number of carboxylic acid groups (broad SMARTS) is 1. The Balaban J connectivity index is 2.58. The number of aryl methyl sites for hydroxylation is 2. The zero-order valence-electron chi connectivity index (χ0n) is 10.6. The van der Waals surface area contributed by atoms with E-state index in [4.69, 9.17) is 5.11 Å². The van der Waals surface area contributed by atoms with Crippen LogP contribution in [0, 0.1) is 13.8 Å². The van der Waals surface area contributed by atoms with E-state index >= 15 is 0 Å².